The number of aryl methyl sites for hydroxylation is 1. The van der Waals surface area contributed by atoms with Gasteiger partial charge >= 0.3 is 6.18 Å². The second-order valence-electron chi connectivity index (χ2n) is 5.29. The molecule has 9 heteroatoms. The van der Waals surface area contributed by atoms with Crippen molar-refractivity contribution in [1.29, 1.82) is 0 Å². The number of carbonyl (C=O) groups is 1. The van der Waals surface area contributed by atoms with Crippen LogP contribution in [0.1, 0.15) is 28.2 Å². The van der Waals surface area contributed by atoms with Gasteiger partial charge in [0.2, 0.25) is 0 Å². The molecule has 1 N–H and O–H groups in total. The maximum absolute atomic E-state index is 12.8. The highest BCUT2D eigenvalue weighted by molar-refractivity contribution is 6.31. The van der Waals surface area contributed by atoms with E-state index >= 15 is 0 Å². The molecule has 0 bridgehead atoms. The Morgan fingerprint density at radius 3 is 2.87 bits per heavy atom. The monoisotopic (exact) mass is 344 g/mol. The molecular formula is C14H12ClF3N4O. The summed E-state index contributed by atoms with van der Waals surface area (Å²) >= 11 is 5.69. The van der Waals surface area contributed by atoms with Crippen molar-refractivity contribution in [2.24, 2.45) is 0 Å². The van der Waals surface area contributed by atoms with Crippen LogP contribution in [0.5, 0.6) is 0 Å². The number of hydrogen-bond donors (Lipinski definition) is 1. The van der Waals surface area contributed by atoms with Gasteiger partial charge in [-0.2, -0.15) is 18.3 Å². The first kappa shape index (κ1) is 15.8. The molecule has 1 amide bonds. The molecule has 2 aromatic rings. The fourth-order valence-corrected chi connectivity index (χ4v) is 2.74. The molecule has 3 rings (SSSR count). The first-order valence-electron chi connectivity index (χ1n) is 6.88. The van der Waals surface area contributed by atoms with Crippen LogP contribution < -0.4 is 5.32 Å². The second-order valence-corrected chi connectivity index (χ2v) is 5.73. The molecule has 1 atom stereocenters. The number of nitrogens with one attached hydrogen (secondary N) is 1. The Kier molecular flexibility index (Phi) is 4.01. The first-order chi connectivity index (χ1) is 10.8. The van der Waals surface area contributed by atoms with Gasteiger partial charge in [0, 0.05) is 23.0 Å². The summed E-state index contributed by atoms with van der Waals surface area (Å²) in [5, 5.41) is 6.62. The molecule has 1 aliphatic heterocycles. The van der Waals surface area contributed by atoms with Crippen molar-refractivity contribution in [2.75, 3.05) is 0 Å². The Balaban J connectivity index is 1.75. The number of alkyl halides is 3. The zero-order chi connectivity index (χ0) is 16.6. The summed E-state index contributed by atoms with van der Waals surface area (Å²) < 4.78 is 40.0. The van der Waals surface area contributed by atoms with E-state index in [9.17, 15) is 18.0 Å². The van der Waals surface area contributed by atoms with Crippen LogP contribution in [-0.2, 0) is 19.1 Å². The van der Waals surface area contributed by atoms with Gasteiger partial charge in [-0.1, -0.05) is 11.6 Å². The summed E-state index contributed by atoms with van der Waals surface area (Å²) in [6.07, 6.45) is -1.82. The Bertz CT molecular complexity index is 744. The Morgan fingerprint density at radius 2 is 2.13 bits per heavy atom. The predicted octanol–water partition coefficient (Wildman–Crippen LogP) is 2.70. The summed E-state index contributed by atoms with van der Waals surface area (Å²) in [6, 6.07) is 2.59. The highest BCUT2D eigenvalue weighted by atomic mass is 35.5. The standard InChI is InChI=1S/C14H12ClF3N4O/c15-10-4-8(3-9(5-10)14(16,17)18)13(23)21-11-1-2-12-19-7-20-22(12)6-11/h3-5,7,11H,1-2,6H2,(H,21,23)/t11-/m1/s1. The van der Waals surface area contributed by atoms with Gasteiger partial charge in [-0.15, -0.1) is 0 Å². The van der Waals surface area contributed by atoms with E-state index in [1.54, 1.807) is 4.68 Å². The van der Waals surface area contributed by atoms with E-state index < -0.39 is 17.6 Å². The van der Waals surface area contributed by atoms with Crippen molar-refractivity contribution in [3.63, 3.8) is 0 Å². The minimum atomic E-state index is -4.56. The molecule has 23 heavy (non-hydrogen) atoms. The van der Waals surface area contributed by atoms with Gasteiger partial charge in [0.1, 0.15) is 12.2 Å². The SMILES string of the molecule is O=C(N[C@@H]1CCc2ncnn2C1)c1cc(Cl)cc(C(F)(F)F)c1. The summed E-state index contributed by atoms with van der Waals surface area (Å²) in [6.45, 7) is 0.438. The smallest absolute Gasteiger partial charge is 0.347 e. The third-order valence-electron chi connectivity index (χ3n) is 3.63. The lowest BCUT2D eigenvalue weighted by Gasteiger charge is -2.23. The Labute approximate surface area is 134 Å². The number of aromatic nitrogens is 3. The van der Waals surface area contributed by atoms with Gasteiger partial charge in [0.15, 0.2) is 0 Å². The number of amides is 1. The quantitative estimate of drug-likeness (QED) is 0.911. The van der Waals surface area contributed by atoms with E-state index in [0.717, 1.165) is 18.0 Å². The van der Waals surface area contributed by atoms with Crippen LogP contribution >= 0.6 is 11.6 Å². The summed E-state index contributed by atoms with van der Waals surface area (Å²) in [4.78, 5) is 16.3. The third kappa shape index (κ3) is 3.47. The number of nitrogens with zero attached hydrogens (tertiary/aromatic N) is 3. The van der Waals surface area contributed by atoms with E-state index in [1.807, 2.05) is 0 Å². The van der Waals surface area contributed by atoms with Gasteiger partial charge in [-0.3, -0.25) is 4.79 Å². The molecule has 0 aliphatic carbocycles. The van der Waals surface area contributed by atoms with Gasteiger partial charge in [-0.25, -0.2) is 9.67 Å². The number of benzene rings is 1. The molecule has 0 saturated carbocycles. The van der Waals surface area contributed by atoms with Gasteiger partial charge in [-0.05, 0) is 24.6 Å². The molecule has 0 unspecified atom stereocenters. The lowest BCUT2D eigenvalue weighted by molar-refractivity contribution is -0.137. The van der Waals surface area contributed by atoms with Crippen LogP contribution in [0.4, 0.5) is 13.2 Å². The highest BCUT2D eigenvalue weighted by Gasteiger charge is 2.32. The number of rotatable bonds is 2. The largest absolute Gasteiger partial charge is 0.416 e. The van der Waals surface area contributed by atoms with Crippen molar-refractivity contribution in [2.45, 2.75) is 31.6 Å². The van der Waals surface area contributed by atoms with Crippen LogP contribution in [0.15, 0.2) is 24.5 Å². The zero-order valence-corrected chi connectivity index (χ0v) is 12.5. The number of carbonyl (C=O) groups excluding carboxylic acids is 1. The molecule has 5 nitrogen and oxygen atoms in total. The average Bonchev–Trinajstić information content (AvgIpc) is 2.93. The van der Waals surface area contributed by atoms with Crippen molar-refractivity contribution in [3.05, 3.63) is 46.5 Å². The molecule has 1 aromatic carbocycles. The average molecular weight is 345 g/mol. The molecule has 122 valence electrons. The molecule has 1 aliphatic rings. The molecule has 0 radical (unpaired) electrons. The lowest BCUT2D eigenvalue weighted by atomic mass is 10.1. The third-order valence-corrected chi connectivity index (χ3v) is 3.85. The lowest BCUT2D eigenvalue weighted by Crippen LogP contribution is -2.41. The van der Waals surface area contributed by atoms with Crippen molar-refractivity contribution in [3.8, 4) is 0 Å². The Hall–Kier alpha value is -2.09. The minimum Gasteiger partial charge on any atom is -0.347 e. The molecule has 1 aromatic heterocycles. The van der Waals surface area contributed by atoms with Crippen molar-refractivity contribution >= 4 is 17.5 Å². The molecule has 0 saturated heterocycles. The predicted molar refractivity (Wildman–Crippen MR) is 76.1 cm³/mol. The molecule has 2 heterocycles. The molecular weight excluding hydrogens is 333 g/mol. The van der Waals surface area contributed by atoms with Crippen molar-refractivity contribution < 1.29 is 18.0 Å². The Morgan fingerprint density at radius 1 is 1.35 bits per heavy atom. The number of halogens is 4. The minimum absolute atomic E-state index is 0.116. The fourth-order valence-electron chi connectivity index (χ4n) is 2.51. The maximum Gasteiger partial charge on any atom is 0.416 e. The van der Waals surface area contributed by atoms with Gasteiger partial charge in [0.25, 0.3) is 5.91 Å². The van der Waals surface area contributed by atoms with Gasteiger partial charge in [0.05, 0.1) is 12.1 Å². The summed E-state index contributed by atoms with van der Waals surface area (Å²) in [7, 11) is 0. The summed E-state index contributed by atoms with van der Waals surface area (Å²) in [5.41, 5.74) is -1.06. The molecule has 0 spiro atoms. The van der Waals surface area contributed by atoms with Crippen LogP contribution in [0, 0.1) is 0 Å². The van der Waals surface area contributed by atoms with E-state index in [0.29, 0.717) is 19.4 Å². The van der Waals surface area contributed by atoms with Crippen LogP contribution in [0.2, 0.25) is 5.02 Å². The van der Waals surface area contributed by atoms with Crippen LogP contribution in [0.25, 0.3) is 0 Å². The van der Waals surface area contributed by atoms with Gasteiger partial charge < -0.3 is 5.32 Å². The van der Waals surface area contributed by atoms with E-state index in [4.69, 9.17) is 11.6 Å². The zero-order valence-electron chi connectivity index (χ0n) is 11.8. The van der Waals surface area contributed by atoms with E-state index in [-0.39, 0.29) is 16.6 Å². The normalized spacial score (nSPS) is 17.7. The maximum atomic E-state index is 12.8. The van der Waals surface area contributed by atoms with Crippen LogP contribution in [-0.4, -0.2) is 26.7 Å². The van der Waals surface area contributed by atoms with Crippen molar-refractivity contribution in [1.82, 2.24) is 20.1 Å². The topological polar surface area (TPSA) is 59.8 Å². The van der Waals surface area contributed by atoms with Crippen LogP contribution in [0.3, 0.4) is 0 Å². The second kappa shape index (κ2) is 5.84. The molecule has 0 fully saturated rings. The first-order valence-corrected chi connectivity index (χ1v) is 7.26. The van der Waals surface area contributed by atoms with E-state index in [2.05, 4.69) is 15.4 Å². The summed E-state index contributed by atoms with van der Waals surface area (Å²) in [5.74, 6) is 0.240. The van der Waals surface area contributed by atoms with E-state index in [1.165, 1.54) is 12.4 Å². The fraction of sp³-hybridized carbons (Fsp3) is 0.357. The highest BCUT2D eigenvalue weighted by Crippen LogP contribution is 2.32. The number of fused-ring (bicyclic) bond motifs is 1. The number of hydrogen-bond acceptors (Lipinski definition) is 3.